The third-order valence-electron chi connectivity index (χ3n) is 4.79. The SMILES string of the molecule is O=C1CC2CCC1N2S(=O)(=O)c1ccc(-c2ccccc2)cc1. The van der Waals surface area contributed by atoms with E-state index >= 15 is 0 Å². The molecule has 2 aromatic carbocycles. The lowest BCUT2D eigenvalue weighted by molar-refractivity contribution is -0.119. The van der Waals surface area contributed by atoms with Crippen LogP contribution in [0.4, 0.5) is 0 Å². The predicted octanol–water partition coefficient (Wildman–Crippen LogP) is 2.85. The minimum atomic E-state index is -3.59. The largest absolute Gasteiger partial charge is 0.298 e. The number of hydrogen-bond acceptors (Lipinski definition) is 3. The van der Waals surface area contributed by atoms with E-state index in [0.717, 1.165) is 17.5 Å². The number of Topliss-reactive ketones (excluding diaryl/α,β-unsaturated/α-hetero) is 1. The molecule has 118 valence electrons. The second kappa shape index (κ2) is 5.28. The summed E-state index contributed by atoms with van der Waals surface area (Å²) < 4.78 is 27.2. The maximum atomic E-state index is 12.9. The van der Waals surface area contributed by atoms with Gasteiger partial charge in [-0.15, -0.1) is 0 Å². The van der Waals surface area contributed by atoms with Crippen molar-refractivity contribution in [2.75, 3.05) is 0 Å². The Labute approximate surface area is 135 Å². The van der Waals surface area contributed by atoms with E-state index in [1.54, 1.807) is 12.1 Å². The van der Waals surface area contributed by atoms with Crippen molar-refractivity contribution >= 4 is 15.8 Å². The molecule has 0 amide bonds. The Balaban J connectivity index is 1.67. The van der Waals surface area contributed by atoms with E-state index in [1.807, 2.05) is 42.5 Å². The number of ketones is 1. The van der Waals surface area contributed by atoms with Gasteiger partial charge >= 0.3 is 0 Å². The molecule has 2 aliphatic heterocycles. The summed E-state index contributed by atoms with van der Waals surface area (Å²) in [6.07, 6.45) is 1.81. The Hall–Kier alpha value is -1.98. The Morgan fingerprint density at radius 2 is 1.52 bits per heavy atom. The number of carbonyl (C=O) groups is 1. The van der Waals surface area contributed by atoms with Crippen molar-refractivity contribution in [1.29, 1.82) is 0 Å². The van der Waals surface area contributed by atoms with Gasteiger partial charge in [0.2, 0.25) is 10.0 Å². The second-order valence-corrected chi connectivity index (χ2v) is 7.99. The van der Waals surface area contributed by atoms with Crippen LogP contribution in [0.3, 0.4) is 0 Å². The van der Waals surface area contributed by atoms with Gasteiger partial charge < -0.3 is 0 Å². The van der Waals surface area contributed by atoms with E-state index in [4.69, 9.17) is 0 Å². The van der Waals surface area contributed by atoms with E-state index in [0.29, 0.717) is 12.8 Å². The average molecular weight is 327 g/mol. The molecule has 2 heterocycles. The van der Waals surface area contributed by atoms with Gasteiger partial charge in [0.05, 0.1) is 10.9 Å². The Bertz CT molecular complexity index is 844. The highest BCUT2D eigenvalue weighted by Gasteiger charge is 2.51. The molecule has 2 fully saturated rings. The highest BCUT2D eigenvalue weighted by molar-refractivity contribution is 7.89. The Morgan fingerprint density at radius 3 is 2.09 bits per heavy atom. The summed E-state index contributed by atoms with van der Waals surface area (Å²) in [4.78, 5) is 12.1. The van der Waals surface area contributed by atoms with Gasteiger partial charge in [-0.1, -0.05) is 42.5 Å². The first-order valence-corrected chi connectivity index (χ1v) is 9.23. The topological polar surface area (TPSA) is 54.5 Å². The van der Waals surface area contributed by atoms with E-state index in [-0.39, 0.29) is 16.7 Å². The molecule has 0 saturated carbocycles. The Morgan fingerprint density at radius 1 is 0.870 bits per heavy atom. The number of hydrogen-bond donors (Lipinski definition) is 0. The van der Waals surface area contributed by atoms with Crippen LogP contribution in [-0.2, 0) is 14.8 Å². The van der Waals surface area contributed by atoms with Crippen LogP contribution < -0.4 is 0 Å². The van der Waals surface area contributed by atoms with Crippen molar-refractivity contribution in [2.24, 2.45) is 0 Å². The maximum Gasteiger partial charge on any atom is 0.243 e. The standard InChI is InChI=1S/C18H17NO3S/c20-18-12-15-8-11-17(18)19(15)23(21,22)16-9-6-14(7-10-16)13-4-2-1-3-5-13/h1-7,9-10,15,17H,8,11-12H2. The fourth-order valence-corrected chi connectivity index (χ4v) is 5.51. The predicted molar refractivity (Wildman–Crippen MR) is 87.3 cm³/mol. The van der Waals surface area contributed by atoms with Crippen LogP contribution in [0.5, 0.6) is 0 Å². The van der Waals surface area contributed by atoms with Gasteiger partial charge in [0.15, 0.2) is 5.78 Å². The van der Waals surface area contributed by atoms with Crippen LogP contribution in [0.25, 0.3) is 11.1 Å². The molecular formula is C18H17NO3S. The smallest absolute Gasteiger partial charge is 0.243 e. The normalized spacial score (nSPS) is 24.3. The molecular weight excluding hydrogens is 310 g/mol. The fourth-order valence-electron chi connectivity index (χ4n) is 3.66. The first-order valence-electron chi connectivity index (χ1n) is 7.79. The Kier molecular flexibility index (Phi) is 3.36. The molecule has 2 aliphatic rings. The van der Waals surface area contributed by atoms with Crippen LogP contribution in [0.15, 0.2) is 59.5 Å². The van der Waals surface area contributed by atoms with E-state index in [1.165, 1.54) is 4.31 Å². The zero-order chi connectivity index (χ0) is 16.0. The van der Waals surface area contributed by atoms with Crippen molar-refractivity contribution in [1.82, 2.24) is 4.31 Å². The summed E-state index contributed by atoms with van der Waals surface area (Å²) in [6.45, 7) is 0. The summed E-state index contributed by atoms with van der Waals surface area (Å²) in [7, 11) is -3.59. The van der Waals surface area contributed by atoms with Crippen LogP contribution >= 0.6 is 0 Å². The third-order valence-corrected chi connectivity index (χ3v) is 6.76. The minimum Gasteiger partial charge on any atom is -0.298 e. The quantitative estimate of drug-likeness (QED) is 0.871. The lowest BCUT2D eigenvalue weighted by atomic mass is 10.00. The molecule has 0 aliphatic carbocycles. The molecule has 23 heavy (non-hydrogen) atoms. The first-order chi connectivity index (χ1) is 11.1. The van der Waals surface area contributed by atoms with Crippen LogP contribution in [0, 0.1) is 0 Å². The van der Waals surface area contributed by atoms with Crippen LogP contribution in [-0.4, -0.2) is 30.6 Å². The molecule has 2 atom stereocenters. The van der Waals surface area contributed by atoms with Gasteiger partial charge in [-0.3, -0.25) is 4.79 Å². The highest BCUT2D eigenvalue weighted by atomic mass is 32.2. The molecule has 5 heteroatoms. The fraction of sp³-hybridized carbons (Fsp3) is 0.278. The summed E-state index contributed by atoms with van der Waals surface area (Å²) in [5.74, 6) is 0.0609. The summed E-state index contributed by atoms with van der Waals surface area (Å²) in [5.41, 5.74) is 2.03. The minimum absolute atomic E-state index is 0.0609. The molecule has 4 nitrogen and oxygen atoms in total. The van der Waals surface area contributed by atoms with Gasteiger partial charge in [0.1, 0.15) is 0 Å². The number of sulfonamides is 1. The third kappa shape index (κ3) is 2.31. The number of benzene rings is 2. The zero-order valence-corrected chi connectivity index (χ0v) is 13.4. The van der Waals surface area contributed by atoms with Gasteiger partial charge in [0, 0.05) is 12.5 Å². The van der Waals surface area contributed by atoms with Crippen molar-refractivity contribution in [3.63, 3.8) is 0 Å². The van der Waals surface area contributed by atoms with Crippen LogP contribution in [0.2, 0.25) is 0 Å². The summed E-state index contributed by atoms with van der Waals surface area (Å²) in [6, 6.07) is 16.2. The van der Waals surface area contributed by atoms with Crippen LogP contribution in [0.1, 0.15) is 19.3 Å². The molecule has 2 aromatic rings. The van der Waals surface area contributed by atoms with Crippen molar-refractivity contribution in [3.05, 3.63) is 54.6 Å². The van der Waals surface area contributed by atoms with Gasteiger partial charge in [-0.2, -0.15) is 4.31 Å². The van der Waals surface area contributed by atoms with E-state index in [2.05, 4.69) is 0 Å². The molecule has 4 rings (SSSR count). The maximum absolute atomic E-state index is 12.9. The van der Waals surface area contributed by atoms with Crippen molar-refractivity contribution in [2.45, 2.75) is 36.2 Å². The number of fused-ring (bicyclic) bond motifs is 2. The number of rotatable bonds is 3. The second-order valence-electron chi connectivity index (χ2n) is 6.14. The molecule has 2 bridgehead atoms. The van der Waals surface area contributed by atoms with Crippen molar-refractivity contribution < 1.29 is 13.2 Å². The molecule has 0 aromatic heterocycles. The average Bonchev–Trinajstić information content (AvgIpc) is 3.13. The molecule has 0 N–H and O–H groups in total. The molecule has 0 spiro atoms. The lowest BCUT2D eigenvalue weighted by Gasteiger charge is -2.20. The highest BCUT2D eigenvalue weighted by Crippen LogP contribution is 2.39. The van der Waals surface area contributed by atoms with Gasteiger partial charge in [-0.25, -0.2) is 8.42 Å². The number of carbonyl (C=O) groups excluding carboxylic acids is 1. The summed E-state index contributed by atoms with van der Waals surface area (Å²) in [5, 5.41) is 0. The molecule has 2 unspecified atom stereocenters. The monoisotopic (exact) mass is 327 g/mol. The number of nitrogens with zero attached hydrogens (tertiary/aromatic N) is 1. The van der Waals surface area contributed by atoms with Gasteiger partial charge in [-0.05, 0) is 36.1 Å². The molecule has 2 saturated heterocycles. The summed E-state index contributed by atoms with van der Waals surface area (Å²) >= 11 is 0. The van der Waals surface area contributed by atoms with Gasteiger partial charge in [0.25, 0.3) is 0 Å². The molecule has 0 radical (unpaired) electrons. The van der Waals surface area contributed by atoms with E-state index < -0.39 is 16.1 Å². The van der Waals surface area contributed by atoms with E-state index in [9.17, 15) is 13.2 Å². The van der Waals surface area contributed by atoms with Crippen molar-refractivity contribution in [3.8, 4) is 11.1 Å². The lowest BCUT2D eigenvalue weighted by Crippen LogP contribution is -2.36. The zero-order valence-electron chi connectivity index (χ0n) is 12.6. The first kappa shape index (κ1) is 14.6.